The first kappa shape index (κ1) is 21.2. The van der Waals surface area contributed by atoms with Gasteiger partial charge in [0.15, 0.2) is 0 Å². The summed E-state index contributed by atoms with van der Waals surface area (Å²) in [6.45, 7) is 2.20. The van der Waals surface area contributed by atoms with Gasteiger partial charge in [0.25, 0.3) is 0 Å². The minimum Gasteiger partial charge on any atom is -0.317 e. The number of ether oxygens (including phenoxy) is 1. The maximum atomic E-state index is 14.9. The molecule has 2 nitrogen and oxygen atoms in total. The van der Waals surface area contributed by atoms with Crippen LogP contribution in [0.2, 0.25) is 0 Å². The normalized spacial score (nSPS) is 37.6. The Morgan fingerprint density at radius 1 is 0.889 bits per heavy atom. The van der Waals surface area contributed by atoms with Gasteiger partial charge < -0.3 is 9.53 Å². The number of rotatable bonds is 8. The maximum Gasteiger partial charge on any atom is 0.358 e. The zero-order valence-corrected chi connectivity index (χ0v) is 17.0. The summed E-state index contributed by atoms with van der Waals surface area (Å²) in [5, 5.41) is 0. The number of alkyl halides is 2. The maximum absolute atomic E-state index is 14.9. The summed E-state index contributed by atoms with van der Waals surface area (Å²) in [5.41, 5.74) is 0. The van der Waals surface area contributed by atoms with Crippen molar-refractivity contribution in [1.29, 1.82) is 0 Å². The molecule has 3 aliphatic rings. The Kier molecular flexibility index (Phi) is 7.70. The van der Waals surface area contributed by atoms with E-state index in [1.165, 1.54) is 12.8 Å². The van der Waals surface area contributed by atoms with Gasteiger partial charge in [0.1, 0.15) is 6.29 Å². The van der Waals surface area contributed by atoms with Crippen LogP contribution < -0.4 is 0 Å². The van der Waals surface area contributed by atoms with Crippen molar-refractivity contribution in [3.05, 3.63) is 0 Å². The Bertz CT molecular complexity index is 459. The molecule has 0 aromatic rings. The molecule has 0 amide bonds. The van der Waals surface area contributed by atoms with Gasteiger partial charge in [-0.25, -0.2) is 0 Å². The molecule has 156 valence electrons. The SMILES string of the molecule is CCCC1CCC(OC(F)(F)C2CCC3CC(CCC=O)CCC3C2)CC1. The first-order chi connectivity index (χ1) is 13.0. The molecule has 3 saturated carbocycles. The quantitative estimate of drug-likeness (QED) is 0.432. The van der Waals surface area contributed by atoms with Gasteiger partial charge in [0.2, 0.25) is 0 Å². The molecule has 0 aromatic heterocycles. The zero-order valence-electron chi connectivity index (χ0n) is 17.0. The van der Waals surface area contributed by atoms with Crippen LogP contribution in [0.4, 0.5) is 8.78 Å². The molecule has 4 atom stereocenters. The fourth-order valence-corrected chi connectivity index (χ4v) is 6.12. The summed E-state index contributed by atoms with van der Waals surface area (Å²) in [4.78, 5) is 10.6. The van der Waals surface area contributed by atoms with Crippen LogP contribution in [-0.2, 0) is 9.53 Å². The highest BCUT2D eigenvalue weighted by Crippen LogP contribution is 2.50. The highest BCUT2D eigenvalue weighted by Gasteiger charge is 2.48. The van der Waals surface area contributed by atoms with Gasteiger partial charge >= 0.3 is 6.11 Å². The number of fused-ring (bicyclic) bond motifs is 1. The molecule has 0 spiro atoms. The lowest BCUT2D eigenvalue weighted by Crippen LogP contribution is -2.42. The van der Waals surface area contributed by atoms with Crippen LogP contribution in [0.15, 0.2) is 0 Å². The van der Waals surface area contributed by atoms with E-state index in [9.17, 15) is 13.6 Å². The van der Waals surface area contributed by atoms with Gasteiger partial charge in [-0.3, -0.25) is 0 Å². The number of aldehydes is 1. The van der Waals surface area contributed by atoms with Crippen molar-refractivity contribution in [3.8, 4) is 0 Å². The number of hydrogen-bond acceptors (Lipinski definition) is 2. The summed E-state index contributed by atoms with van der Waals surface area (Å²) in [7, 11) is 0. The predicted octanol–water partition coefficient (Wildman–Crippen LogP) is 6.77. The van der Waals surface area contributed by atoms with E-state index >= 15 is 0 Å². The first-order valence-electron chi connectivity index (χ1n) is 11.5. The average Bonchev–Trinajstić information content (AvgIpc) is 2.67. The summed E-state index contributed by atoms with van der Waals surface area (Å²) in [6.07, 6.45) is 11.0. The molecule has 3 rings (SSSR count). The van der Waals surface area contributed by atoms with E-state index in [0.717, 1.165) is 64.1 Å². The molecule has 0 aliphatic heterocycles. The molecule has 3 fully saturated rings. The first-order valence-corrected chi connectivity index (χ1v) is 11.5. The van der Waals surface area contributed by atoms with E-state index in [0.29, 0.717) is 42.9 Å². The largest absolute Gasteiger partial charge is 0.358 e. The lowest BCUT2D eigenvalue weighted by atomic mass is 9.64. The summed E-state index contributed by atoms with van der Waals surface area (Å²) in [6, 6.07) is 0. The Hall–Kier alpha value is -0.510. The minimum absolute atomic E-state index is 0.245. The Morgan fingerprint density at radius 2 is 1.56 bits per heavy atom. The average molecular weight is 385 g/mol. The topological polar surface area (TPSA) is 26.3 Å². The lowest BCUT2D eigenvalue weighted by Gasteiger charge is -2.44. The fourth-order valence-electron chi connectivity index (χ4n) is 6.12. The van der Waals surface area contributed by atoms with Gasteiger partial charge in [-0.1, -0.05) is 26.2 Å². The van der Waals surface area contributed by atoms with Crippen LogP contribution >= 0.6 is 0 Å². The second-order valence-corrected chi connectivity index (χ2v) is 9.56. The third kappa shape index (κ3) is 5.74. The third-order valence-electron chi connectivity index (χ3n) is 7.70. The number of carbonyl (C=O) groups is 1. The van der Waals surface area contributed by atoms with Gasteiger partial charge in [-0.15, -0.1) is 0 Å². The molecule has 4 heteroatoms. The highest BCUT2D eigenvalue weighted by atomic mass is 19.3. The molecule has 27 heavy (non-hydrogen) atoms. The van der Waals surface area contributed by atoms with E-state index in [4.69, 9.17) is 4.74 Å². The van der Waals surface area contributed by atoms with Crippen LogP contribution in [0.5, 0.6) is 0 Å². The summed E-state index contributed by atoms with van der Waals surface area (Å²) < 4.78 is 35.2. The van der Waals surface area contributed by atoms with Crippen LogP contribution in [0.25, 0.3) is 0 Å². The minimum atomic E-state index is -2.96. The molecule has 0 saturated heterocycles. The van der Waals surface area contributed by atoms with E-state index in [1.807, 2.05) is 0 Å². The summed E-state index contributed by atoms with van der Waals surface area (Å²) in [5.74, 6) is 1.77. The number of hydrogen-bond donors (Lipinski definition) is 0. The molecule has 3 aliphatic carbocycles. The van der Waals surface area contributed by atoms with E-state index in [1.54, 1.807) is 0 Å². The number of carbonyl (C=O) groups excluding carboxylic acids is 1. The monoisotopic (exact) mass is 384 g/mol. The molecular weight excluding hydrogens is 346 g/mol. The van der Waals surface area contributed by atoms with Gasteiger partial charge in [-0.2, -0.15) is 8.78 Å². The summed E-state index contributed by atoms with van der Waals surface area (Å²) >= 11 is 0. The van der Waals surface area contributed by atoms with Crippen LogP contribution in [0.3, 0.4) is 0 Å². The van der Waals surface area contributed by atoms with Crippen LogP contribution in [-0.4, -0.2) is 18.5 Å². The number of halogens is 2. The van der Waals surface area contributed by atoms with Gasteiger partial charge in [0.05, 0.1) is 12.0 Å². The molecular formula is C23H38F2O2. The highest BCUT2D eigenvalue weighted by molar-refractivity contribution is 5.49. The van der Waals surface area contributed by atoms with Crippen molar-refractivity contribution >= 4 is 6.29 Å². The van der Waals surface area contributed by atoms with Crippen molar-refractivity contribution < 1.29 is 18.3 Å². The van der Waals surface area contributed by atoms with Crippen molar-refractivity contribution in [1.82, 2.24) is 0 Å². The molecule has 0 aromatic carbocycles. The third-order valence-corrected chi connectivity index (χ3v) is 7.70. The van der Waals surface area contributed by atoms with Gasteiger partial charge in [-0.05, 0) is 87.9 Å². The van der Waals surface area contributed by atoms with Crippen LogP contribution in [0.1, 0.15) is 96.8 Å². The molecule has 0 radical (unpaired) electrons. The smallest absolute Gasteiger partial charge is 0.317 e. The van der Waals surface area contributed by atoms with E-state index < -0.39 is 12.0 Å². The van der Waals surface area contributed by atoms with Crippen molar-refractivity contribution in [2.24, 2.45) is 29.6 Å². The van der Waals surface area contributed by atoms with Crippen LogP contribution in [0, 0.1) is 29.6 Å². The second kappa shape index (κ2) is 9.80. The fraction of sp³-hybridized carbons (Fsp3) is 0.957. The van der Waals surface area contributed by atoms with Gasteiger partial charge in [0, 0.05) is 6.42 Å². The van der Waals surface area contributed by atoms with Crippen molar-refractivity contribution in [2.45, 2.75) is 109 Å². The Morgan fingerprint density at radius 3 is 2.26 bits per heavy atom. The van der Waals surface area contributed by atoms with E-state index in [2.05, 4.69) is 6.92 Å². The van der Waals surface area contributed by atoms with Crippen molar-refractivity contribution in [2.75, 3.05) is 0 Å². The molecule has 4 unspecified atom stereocenters. The Balaban J connectivity index is 1.46. The lowest BCUT2D eigenvalue weighted by molar-refractivity contribution is -0.304. The zero-order chi connectivity index (χ0) is 19.3. The molecule has 0 heterocycles. The predicted molar refractivity (Wildman–Crippen MR) is 104 cm³/mol. The molecule has 0 N–H and O–H groups in total. The van der Waals surface area contributed by atoms with E-state index in [-0.39, 0.29) is 6.10 Å². The second-order valence-electron chi connectivity index (χ2n) is 9.56. The molecule has 0 bridgehead atoms. The Labute approximate surface area is 163 Å². The standard InChI is InChI=1S/C23H38F2O2/c1-2-4-17-7-12-22(13-8-17)27-23(24,25)21-11-10-19-15-18(5-3-14-26)6-9-20(19)16-21/h14,17-22H,2-13,15-16H2,1H3. The van der Waals surface area contributed by atoms with Crippen molar-refractivity contribution in [3.63, 3.8) is 0 Å².